The first-order valence-corrected chi connectivity index (χ1v) is 16.0. The van der Waals surface area contributed by atoms with Gasteiger partial charge in [0.15, 0.2) is 0 Å². The van der Waals surface area contributed by atoms with Gasteiger partial charge >= 0.3 is 126 Å². The number of hydrogen-bond acceptors (Lipinski definition) is 0. The van der Waals surface area contributed by atoms with Gasteiger partial charge in [0.1, 0.15) is 0 Å². The topological polar surface area (TPSA) is 0 Å². The van der Waals surface area contributed by atoms with Gasteiger partial charge < -0.3 is 0 Å². The van der Waals surface area contributed by atoms with Gasteiger partial charge in [0, 0.05) is 0 Å². The van der Waals surface area contributed by atoms with Crippen molar-refractivity contribution in [3.05, 3.63) is 0 Å². The minimum absolute atomic E-state index is 0.769. The van der Waals surface area contributed by atoms with Crippen LogP contribution in [0.25, 0.3) is 0 Å². The van der Waals surface area contributed by atoms with Crippen LogP contribution in [0.3, 0.4) is 0 Å². The summed E-state index contributed by atoms with van der Waals surface area (Å²) in [5.74, 6) is 0. The summed E-state index contributed by atoms with van der Waals surface area (Å²) >= 11 is -1.83. The van der Waals surface area contributed by atoms with Gasteiger partial charge in [0.2, 0.25) is 0 Å². The molecule has 112 valence electrons. The van der Waals surface area contributed by atoms with E-state index in [1.165, 1.54) is 15.8 Å². The molecule has 0 saturated carbocycles. The van der Waals surface area contributed by atoms with Crippen molar-refractivity contribution in [2.24, 2.45) is 0 Å². The number of rotatable bonds is 6. The molecule has 0 amide bonds. The molecule has 0 fully saturated rings. The molecular weight excluding hydrogens is 305 g/mol. The number of hydrogen-bond donors (Lipinski definition) is 0. The molecule has 0 N–H and O–H groups in total. The standard InChI is InChI=1S/C17H36GeSi/c1-10-18(11-2,12-3)13-14-19(15(4)5,16(6)7)17(8)9/h15-17H,10-12H2,1-9H3. The Morgan fingerprint density at radius 1 is 0.737 bits per heavy atom. The molecule has 0 aliphatic carbocycles. The van der Waals surface area contributed by atoms with Crippen LogP contribution in [0.1, 0.15) is 62.3 Å². The van der Waals surface area contributed by atoms with Gasteiger partial charge in [0.25, 0.3) is 0 Å². The molecule has 0 bridgehead atoms. The van der Waals surface area contributed by atoms with Crippen molar-refractivity contribution >= 4 is 21.3 Å². The van der Waals surface area contributed by atoms with Gasteiger partial charge in [0.05, 0.1) is 0 Å². The molecular formula is C17H36GeSi. The Morgan fingerprint density at radius 3 is 1.26 bits per heavy atom. The third-order valence-electron chi connectivity index (χ3n) is 5.44. The molecule has 0 atom stereocenters. The molecule has 0 unspecified atom stereocenters. The molecule has 0 heterocycles. The Bertz CT molecular complexity index is 286. The van der Waals surface area contributed by atoms with Crippen LogP contribution in [0.4, 0.5) is 0 Å². The molecule has 0 saturated heterocycles. The molecule has 0 aromatic carbocycles. The first-order chi connectivity index (χ1) is 8.72. The van der Waals surface area contributed by atoms with E-state index in [1.54, 1.807) is 0 Å². The van der Waals surface area contributed by atoms with E-state index in [0.29, 0.717) is 0 Å². The van der Waals surface area contributed by atoms with Crippen LogP contribution in [-0.2, 0) is 0 Å². The normalized spacial score (nSPS) is 13.1. The predicted molar refractivity (Wildman–Crippen MR) is 96.0 cm³/mol. The van der Waals surface area contributed by atoms with Gasteiger partial charge in [-0.15, -0.1) is 0 Å². The van der Waals surface area contributed by atoms with Crippen LogP contribution in [0, 0.1) is 10.3 Å². The van der Waals surface area contributed by atoms with Gasteiger partial charge in [-0.3, -0.25) is 0 Å². The summed E-state index contributed by atoms with van der Waals surface area (Å²) in [6, 6.07) is 0. The Morgan fingerprint density at radius 2 is 1.05 bits per heavy atom. The van der Waals surface area contributed by atoms with Gasteiger partial charge in [-0.25, -0.2) is 0 Å². The third kappa shape index (κ3) is 4.14. The second-order valence-electron chi connectivity index (χ2n) is 6.99. The molecule has 0 aromatic heterocycles. The van der Waals surface area contributed by atoms with Gasteiger partial charge in [-0.2, -0.15) is 0 Å². The Kier molecular flexibility index (Phi) is 8.07. The van der Waals surface area contributed by atoms with E-state index < -0.39 is 21.3 Å². The fourth-order valence-electron chi connectivity index (χ4n) is 3.69. The third-order valence-corrected chi connectivity index (χ3v) is 22.1. The predicted octanol–water partition coefficient (Wildman–Crippen LogP) is 6.26. The van der Waals surface area contributed by atoms with E-state index in [1.807, 2.05) is 0 Å². The zero-order valence-electron chi connectivity index (χ0n) is 14.9. The van der Waals surface area contributed by atoms with E-state index in [-0.39, 0.29) is 0 Å². The van der Waals surface area contributed by atoms with E-state index in [2.05, 4.69) is 72.6 Å². The molecule has 0 radical (unpaired) electrons. The second-order valence-corrected chi connectivity index (χ2v) is 22.9. The van der Waals surface area contributed by atoms with Crippen molar-refractivity contribution in [1.29, 1.82) is 0 Å². The van der Waals surface area contributed by atoms with Crippen LogP contribution >= 0.6 is 0 Å². The fourth-order valence-corrected chi connectivity index (χ4v) is 16.3. The van der Waals surface area contributed by atoms with Crippen molar-refractivity contribution < 1.29 is 0 Å². The summed E-state index contributed by atoms with van der Waals surface area (Å²) in [6.07, 6.45) is 0. The summed E-state index contributed by atoms with van der Waals surface area (Å²) < 4.78 is 3.97. The minimum atomic E-state index is -1.83. The van der Waals surface area contributed by atoms with Crippen molar-refractivity contribution in [2.75, 3.05) is 0 Å². The van der Waals surface area contributed by atoms with Crippen LogP contribution in [-0.4, -0.2) is 21.3 Å². The average molecular weight is 341 g/mol. The van der Waals surface area contributed by atoms with E-state index in [0.717, 1.165) is 16.6 Å². The molecule has 0 spiro atoms. The zero-order valence-corrected chi connectivity index (χ0v) is 18.0. The Hall–Kier alpha value is 0.320. The Labute approximate surface area is 126 Å². The molecule has 0 aliphatic rings. The summed E-state index contributed by atoms with van der Waals surface area (Å²) in [5.41, 5.74) is 6.30. The zero-order chi connectivity index (χ0) is 15.3. The summed E-state index contributed by atoms with van der Waals surface area (Å²) in [6.45, 7) is 21.6. The van der Waals surface area contributed by atoms with Gasteiger partial charge in [-0.05, 0) is 0 Å². The van der Waals surface area contributed by atoms with E-state index in [4.69, 9.17) is 0 Å². The first-order valence-electron chi connectivity index (χ1n) is 8.26. The molecule has 0 rings (SSSR count). The van der Waals surface area contributed by atoms with Crippen molar-refractivity contribution in [2.45, 2.75) is 94.7 Å². The van der Waals surface area contributed by atoms with Gasteiger partial charge in [-0.1, -0.05) is 0 Å². The summed E-state index contributed by atoms with van der Waals surface area (Å²) in [4.78, 5) is 0. The fraction of sp³-hybridized carbons (Fsp3) is 0.882. The van der Waals surface area contributed by atoms with E-state index >= 15 is 0 Å². The summed E-state index contributed by atoms with van der Waals surface area (Å²) in [5, 5.41) is 4.12. The molecule has 0 nitrogen and oxygen atoms in total. The van der Waals surface area contributed by atoms with Crippen LogP contribution in [0.5, 0.6) is 0 Å². The average Bonchev–Trinajstić information content (AvgIpc) is 2.34. The Balaban J connectivity index is 5.71. The van der Waals surface area contributed by atoms with Crippen molar-refractivity contribution in [1.82, 2.24) is 0 Å². The molecule has 0 aliphatic heterocycles. The SMILES string of the molecule is C[CH2][Ge]([C]#C[Si](C(C)C)(C(C)C)C(C)C)([CH2]C)[CH2]C. The van der Waals surface area contributed by atoms with Crippen molar-refractivity contribution in [3.63, 3.8) is 0 Å². The van der Waals surface area contributed by atoms with Crippen LogP contribution < -0.4 is 0 Å². The quantitative estimate of drug-likeness (QED) is 0.395. The molecule has 0 aromatic rings. The van der Waals surface area contributed by atoms with E-state index in [9.17, 15) is 0 Å². The second kappa shape index (κ2) is 7.93. The maximum atomic E-state index is 4.00. The molecule has 2 heteroatoms. The van der Waals surface area contributed by atoms with Crippen LogP contribution in [0.2, 0.25) is 32.4 Å². The monoisotopic (exact) mass is 342 g/mol. The van der Waals surface area contributed by atoms with Crippen molar-refractivity contribution in [3.8, 4) is 10.3 Å². The van der Waals surface area contributed by atoms with Crippen LogP contribution in [0.15, 0.2) is 0 Å². The molecule has 19 heavy (non-hydrogen) atoms. The maximum absolute atomic E-state index is 4.00. The summed E-state index contributed by atoms with van der Waals surface area (Å²) in [7, 11) is -1.50. The first kappa shape index (κ1) is 19.3.